The molecule has 1 heterocycles. The summed E-state index contributed by atoms with van der Waals surface area (Å²) in [4.78, 5) is 12.2. The number of nitrogens with one attached hydrogen (secondary N) is 1. The van der Waals surface area contributed by atoms with E-state index >= 15 is 0 Å². The van der Waals surface area contributed by atoms with Crippen molar-refractivity contribution in [3.05, 3.63) is 59.7 Å². The second-order valence-corrected chi connectivity index (χ2v) is 4.74. The minimum Gasteiger partial charge on any atom is -0.494 e. The quantitative estimate of drug-likeness (QED) is 0.850. The fourth-order valence-electron chi connectivity index (χ4n) is 2.38. The summed E-state index contributed by atoms with van der Waals surface area (Å²) in [7, 11) is 0. The molecule has 0 fully saturated rings. The first-order valence-electron chi connectivity index (χ1n) is 6.81. The first-order chi connectivity index (χ1) is 10.2. The Morgan fingerprint density at radius 1 is 1.19 bits per heavy atom. The van der Waals surface area contributed by atoms with Crippen LogP contribution in [0.15, 0.2) is 48.5 Å². The van der Waals surface area contributed by atoms with Crippen molar-refractivity contribution in [3.63, 3.8) is 0 Å². The van der Waals surface area contributed by atoms with Gasteiger partial charge >= 0.3 is 0 Å². The molecule has 5 heteroatoms. The molecule has 2 N–H and O–H groups in total. The van der Waals surface area contributed by atoms with Gasteiger partial charge in [0.1, 0.15) is 5.75 Å². The maximum absolute atomic E-state index is 12.2. The molecule has 2 aromatic rings. The third-order valence-corrected chi connectivity index (χ3v) is 3.41. The van der Waals surface area contributed by atoms with Crippen LogP contribution in [0.5, 0.6) is 5.75 Å². The van der Waals surface area contributed by atoms with E-state index in [1.54, 1.807) is 12.1 Å². The molecule has 0 aromatic heterocycles. The van der Waals surface area contributed by atoms with E-state index < -0.39 is 12.1 Å². The number of fused-ring (bicyclic) bond motifs is 1. The van der Waals surface area contributed by atoms with E-state index in [9.17, 15) is 10.0 Å². The molecule has 0 aliphatic carbocycles. The van der Waals surface area contributed by atoms with Crippen molar-refractivity contribution >= 4 is 11.6 Å². The Balaban J connectivity index is 1.91. The molecule has 5 nitrogen and oxygen atoms in total. The van der Waals surface area contributed by atoms with Crippen LogP contribution in [0.4, 0.5) is 5.69 Å². The molecule has 0 saturated heterocycles. The van der Waals surface area contributed by atoms with Gasteiger partial charge < -0.3 is 10.1 Å². The largest absolute Gasteiger partial charge is 0.494 e. The lowest BCUT2D eigenvalue weighted by Gasteiger charge is -2.33. The number of hydroxylamine groups is 2. The van der Waals surface area contributed by atoms with Gasteiger partial charge in [-0.25, -0.2) is 0 Å². The molecule has 0 spiro atoms. The second kappa shape index (κ2) is 5.46. The van der Waals surface area contributed by atoms with Gasteiger partial charge in [0, 0.05) is 5.69 Å². The lowest BCUT2D eigenvalue weighted by Crippen LogP contribution is -2.40. The number of nitrogens with zero attached hydrogens (tertiary/aromatic N) is 1. The number of carbonyl (C=O) groups is 1. The highest BCUT2D eigenvalue weighted by Crippen LogP contribution is 2.32. The molecule has 3 rings (SSSR count). The Kier molecular flexibility index (Phi) is 3.50. The van der Waals surface area contributed by atoms with Crippen LogP contribution >= 0.6 is 0 Å². The van der Waals surface area contributed by atoms with Gasteiger partial charge in [-0.2, -0.15) is 5.06 Å². The number of benzene rings is 2. The molecule has 0 unspecified atom stereocenters. The Hall–Kier alpha value is -2.53. The molecule has 21 heavy (non-hydrogen) atoms. The van der Waals surface area contributed by atoms with E-state index in [0.717, 1.165) is 16.4 Å². The zero-order valence-electron chi connectivity index (χ0n) is 11.6. The molecular formula is C16H16N2O3. The van der Waals surface area contributed by atoms with Crippen LogP contribution in [0, 0.1) is 0 Å². The summed E-state index contributed by atoms with van der Waals surface area (Å²) in [5.41, 5.74) is 1.96. The van der Waals surface area contributed by atoms with Crippen LogP contribution in [0.1, 0.15) is 29.0 Å². The third kappa shape index (κ3) is 2.43. The van der Waals surface area contributed by atoms with Gasteiger partial charge in [0.05, 0.1) is 12.2 Å². The fraction of sp³-hybridized carbons (Fsp3) is 0.188. The maximum atomic E-state index is 12.2. The maximum Gasteiger partial charge on any atom is 0.281 e. The third-order valence-electron chi connectivity index (χ3n) is 3.41. The van der Waals surface area contributed by atoms with E-state index in [-0.39, 0.29) is 0 Å². The summed E-state index contributed by atoms with van der Waals surface area (Å²) in [6.45, 7) is 2.51. The molecule has 1 aliphatic heterocycles. The molecular weight excluding hydrogens is 268 g/mol. The summed E-state index contributed by atoms with van der Waals surface area (Å²) in [5, 5.41) is 14.0. The van der Waals surface area contributed by atoms with Crippen molar-refractivity contribution < 1.29 is 14.7 Å². The number of amides is 1. The minimum absolute atomic E-state index is 0.414. The minimum atomic E-state index is -0.608. The van der Waals surface area contributed by atoms with Crippen molar-refractivity contribution in [1.82, 2.24) is 5.06 Å². The molecule has 0 bridgehead atoms. The number of para-hydroxylation sites is 1. The van der Waals surface area contributed by atoms with Gasteiger partial charge in [0.15, 0.2) is 6.17 Å². The predicted molar refractivity (Wildman–Crippen MR) is 78.4 cm³/mol. The predicted octanol–water partition coefficient (Wildman–Crippen LogP) is 3.04. The first-order valence-corrected chi connectivity index (χ1v) is 6.81. The lowest BCUT2D eigenvalue weighted by atomic mass is 10.1. The van der Waals surface area contributed by atoms with E-state index in [2.05, 4.69) is 5.32 Å². The van der Waals surface area contributed by atoms with Crippen LogP contribution in [-0.4, -0.2) is 22.8 Å². The number of rotatable bonds is 3. The van der Waals surface area contributed by atoms with E-state index in [4.69, 9.17) is 4.74 Å². The Morgan fingerprint density at radius 3 is 2.62 bits per heavy atom. The van der Waals surface area contributed by atoms with Crippen LogP contribution < -0.4 is 10.1 Å². The SMILES string of the molecule is CCOc1ccc([C@@H]2Nc3ccccc3C(=O)N2O)cc1. The second-order valence-electron chi connectivity index (χ2n) is 4.74. The van der Waals surface area contributed by atoms with Crippen molar-refractivity contribution in [3.8, 4) is 5.75 Å². The summed E-state index contributed by atoms with van der Waals surface area (Å²) in [6.07, 6.45) is -0.608. The highest BCUT2D eigenvalue weighted by Gasteiger charge is 2.31. The van der Waals surface area contributed by atoms with Gasteiger partial charge in [-0.3, -0.25) is 10.0 Å². The lowest BCUT2D eigenvalue weighted by molar-refractivity contribution is -0.0851. The Bertz CT molecular complexity index is 655. The topological polar surface area (TPSA) is 61.8 Å². The van der Waals surface area contributed by atoms with Crippen LogP contribution in [0.25, 0.3) is 0 Å². The molecule has 1 atom stereocenters. The average Bonchev–Trinajstić information content (AvgIpc) is 2.52. The molecule has 1 aliphatic rings. The first kappa shape index (κ1) is 13.5. The highest BCUT2D eigenvalue weighted by molar-refractivity contribution is 6.00. The molecule has 0 radical (unpaired) electrons. The molecule has 2 aromatic carbocycles. The zero-order valence-corrected chi connectivity index (χ0v) is 11.6. The number of ether oxygens (including phenoxy) is 1. The van der Waals surface area contributed by atoms with Crippen molar-refractivity contribution in [1.29, 1.82) is 0 Å². The summed E-state index contributed by atoms with van der Waals surface area (Å²) in [5.74, 6) is 0.344. The standard InChI is InChI=1S/C16H16N2O3/c1-2-21-12-9-7-11(8-10-12)15-17-14-6-4-3-5-13(14)16(19)18(15)20/h3-10,15,17,20H,2H2,1H3/t15-/m1/s1. The molecule has 108 valence electrons. The summed E-state index contributed by atoms with van der Waals surface area (Å²) >= 11 is 0. The number of hydrogen-bond acceptors (Lipinski definition) is 4. The van der Waals surface area contributed by atoms with Gasteiger partial charge in [-0.1, -0.05) is 24.3 Å². The monoisotopic (exact) mass is 284 g/mol. The molecule has 0 saturated carbocycles. The zero-order chi connectivity index (χ0) is 14.8. The number of hydrogen-bond donors (Lipinski definition) is 2. The number of carbonyl (C=O) groups excluding carboxylic acids is 1. The van der Waals surface area contributed by atoms with Gasteiger partial charge in [-0.15, -0.1) is 0 Å². The van der Waals surface area contributed by atoms with E-state index in [1.165, 1.54) is 0 Å². The Labute approximate surface area is 122 Å². The van der Waals surface area contributed by atoms with Gasteiger partial charge in [-0.05, 0) is 36.8 Å². The smallest absolute Gasteiger partial charge is 0.281 e. The molecule has 1 amide bonds. The number of anilines is 1. The van der Waals surface area contributed by atoms with Gasteiger partial charge in [0.25, 0.3) is 5.91 Å². The average molecular weight is 284 g/mol. The summed E-state index contributed by atoms with van der Waals surface area (Å²) < 4.78 is 5.39. The van der Waals surface area contributed by atoms with E-state index in [0.29, 0.717) is 17.9 Å². The van der Waals surface area contributed by atoms with Crippen LogP contribution in [0.2, 0.25) is 0 Å². The van der Waals surface area contributed by atoms with Crippen LogP contribution in [0.3, 0.4) is 0 Å². The van der Waals surface area contributed by atoms with Gasteiger partial charge in [0.2, 0.25) is 0 Å². The fourth-order valence-corrected chi connectivity index (χ4v) is 2.38. The van der Waals surface area contributed by atoms with Crippen molar-refractivity contribution in [2.45, 2.75) is 13.1 Å². The van der Waals surface area contributed by atoms with Crippen molar-refractivity contribution in [2.24, 2.45) is 0 Å². The van der Waals surface area contributed by atoms with Crippen molar-refractivity contribution in [2.75, 3.05) is 11.9 Å². The Morgan fingerprint density at radius 2 is 1.90 bits per heavy atom. The van der Waals surface area contributed by atoms with E-state index in [1.807, 2.05) is 43.3 Å². The highest BCUT2D eigenvalue weighted by atomic mass is 16.5. The normalized spacial score (nSPS) is 17.1. The van der Waals surface area contributed by atoms with Crippen LogP contribution in [-0.2, 0) is 0 Å². The summed E-state index contributed by atoms with van der Waals surface area (Å²) in [6, 6.07) is 14.4.